The molecule has 0 fully saturated rings. The Morgan fingerprint density at radius 3 is 2.19 bits per heavy atom. The van der Waals surface area contributed by atoms with Crippen LogP contribution >= 0.6 is 12.4 Å². The van der Waals surface area contributed by atoms with Crippen molar-refractivity contribution in [1.82, 2.24) is 10.6 Å². The molecular formula is C10H21ClN2O3. The normalized spacial score (nSPS) is 10.6. The van der Waals surface area contributed by atoms with Gasteiger partial charge < -0.3 is 15.7 Å². The average molecular weight is 253 g/mol. The van der Waals surface area contributed by atoms with Crippen LogP contribution in [0.15, 0.2) is 0 Å². The van der Waals surface area contributed by atoms with Gasteiger partial charge in [0.1, 0.15) is 5.54 Å². The molecule has 0 aliphatic carbocycles. The highest BCUT2D eigenvalue weighted by Gasteiger charge is 2.28. The van der Waals surface area contributed by atoms with Crippen LogP contribution in [0.2, 0.25) is 0 Å². The molecule has 0 aromatic carbocycles. The molecule has 0 unspecified atom stereocenters. The predicted octanol–water partition coefficient (Wildman–Crippen LogP) is 1.62. The van der Waals surface area contributed by atoms with Gasteiger partial charge in [0, 0.05) is 6.54 Å². The number of carbonyl (C=O) groups excluding carboxylic acids is 1. The molecule has 5 nitrogen and oxygen atoms in total. The highest BCUT2D eigenvalue weighted by atomic mass is 35.5. The van der Waals surface area contributed by atoms with E-state index in [1.165, 1.54) is 13.8 Å². The molecule has 0 aliphatic rings. The van der Waals surface area contributed by atoms with Crippen LogP contribution in [0.4, 0.5) is 4.79 Å². The van der Waals surface area contributed by atoms with Gasteiger partial charge in [-0.05, 0) is 26.2 Å². The van der Waals surface area contributed by atoms with Gasteiger partial charge >= 0.3 is 6.09 Å². The van der Waals surface area contributed by atoms with Crippen molar-refractivity contribution in [2.75, 3.05) is 6.54 Å². The molecule has 3 N–H and O–H groups in total. The Morgan fingerprint density at radius 2 is 1.81 bits per heavy atom. The number of carboxylic acid groups (broad SMARTS) is 1. The molecule has 0 aromatic heterocycles. The van der Waals surface area contributed by atoms with Gasteiger partial charge in [-0.3, -0.25) is 4.79 Å². The summed E-state index contributed by atoms with van der Waals surface area (Å²) >= 11 is 0. The van der Waals surface area contributed by atoms with Crippen LogP contribution in [0.5, 0.6) is 0 Å². The molecular weight excluding hydrogens is 232 g/mol. The molecule has 16 heavy (non-hydrogen) atoms. The smallest absolute Gasteiger partial charge is 0.405 e. The maximum Gasteiger partial charge on any atom is 0.405 e. The van der Waals surface area contributed by atoms with Crippen molar-refractivity contribution in [2.24, 2.45) is 5.92 Å². The van der Waals surface area contributed by atoms with E-state index < -0.39 is 11.6 Å². The zero-order chi connectivity index (χ0) is 12.1. The van der Waals surface area contributed by atoms with Crippen LogP contribution in [0.25, 0.3) is 0 Å². The Kier molecular flexibility index (Phi) is 7.98. The summed E-state index contributed by atoms with van der Waals surface area (Å²) in [6.45, 7) is 7.76. The first-order chi connectivity index (χ1) is 6.75. The molecule has 0 atom stereocenters. The Labute approximate surface area is 102 Å². The van der Waals surface area contributed by atoms with Crippen LogP contribution in [0.1, 0.15) is 34.1 Å². The van der Waals surface area contributed by atoms with Gasteiger partial charge in [-0.15, -0.1) is 12.4 Å². The third-order valence-corrected chi connectivity index (χ3v) is 1.99. The lowest BCUT2D eigenvalue weighted by molar-refractivity contribution is -0.126. The fourth-order valence-electron chi connectivity index (χ4n) is 1.02. The summed E-state index contributed by atoms with van der Waals surface area (Å²) in [7, 11) is 0. The maximum atomic E-state index is 11.5. The molecule has 96 valence electrons. The number of halogens is 1. The van der Waals surface area contributed by atoms with Gasteiger partial charge in [0.2, 0.25) is 5.91 Å². The summed E-state index contributed by atoms with van der Waals surface area (Å²) in [5.74, 6) is 0.214. The number of carbonyl (C=O) groups is 2. The lowest BCUT2D eigenvalue weighted by Crippen LogP contribution is -2.54. The summed E-state index contributed by atoms with van der Waals surface area (Å²) < 4.78 is 0. The summed E-state index contributed by atoms with van der Waals surface area (Å²) in [6.07, 6.45) is -0.312. The van der Waals surface area contributed by atoms with Crippen LogP contribution in [0.3, 0.4) is 0 Å². The quantitative estimate of drug-likeness (QED) is 0.696. The van der Waals surface area contributed by atoms with Gasteiger partial charge in [0.25, 0.3) is 0 Å². The van der Waals surface area contributed by atoms with Crippen molar-refractivity contribution >= 4 is 24.4 Å². The maximum absolute atomic E-state index is 11.5. The first-order valence-electron chi connectivity index (χ1n) is 5.05. The number of hydrogen-bond acceptors (Lipinski definition) is 2. The van der Waals surface area contributed by atoms with Crippen molar-refractivity contribution in [2.45, 2.75) is 39.7 Å². The van der Waals surface area contributed by atoms with Crippen molar-refractivity contribution < 1.29 is 14.7 Å². The fraction of sp³-hybridized carbons (Fsp3) is 0.800. The first-order valence-corrected chi connectivity index (χ1v) is 5.05. The summed E-state index contributed by atoms with van der Waals surface area (Å²) in [4.78, 5) is 22.0. The second-order valence-electron chi connectivity index (χ2n) is 4.49. The minimum atomic E-state index is -1.20. The number of rotatable bonds is 5. The molecule has 0 saturated carbocycles. The summed E-state index contributed by atoms with van der Waals surface area (Å²) in [5.41, 5.74) is -1.08. The molecule has 0 radical (unpaired) electrons. The number of hydrogen-bond donors (Lipinski definition) is 3. The zero-order valence-electron chi connectivity index (χ0n) is 10.2. The molecule has 0 spiro atoms. The van der Waals surface area contributed by atoms with Gasteiger partial charge in [-0.25, -0.2) is 4.79 Å². The van der Waals surface area contributed by atoms with Gasteiger partial charge in [0.15, 0.2) is 0 Å². The lowest BCUT2D eigenvalue weighted by Gasteiger charge is -2.23. The Morgan fingerprint density at radius 1 is 1.31 bits per heavy atom. The van der Waals surface area contributed by atoms with Crippen molar-refractivity contribution in [3.05, 3.63) is 0 Å². The largest absolute Gasteiger partial charge is 0.465 e. The van der Waals surface area contributed by atoms with E-state index in [0.29, 0.717) is 12.5 Å². The van der Waals surface area contributed by atoms with E-state index in [1.54, 1.807) is 0 Å². The second kappa shape index (κ2) is 7.33. The Bertz CT molecular complexity index is 242. The predicted molar refractivity (Wildman–Crippen MR) is 65.0 cm³/mol. The second-order valence-corrected chi connectivity index (χ2v) is 4.49. The van der Waals surface area contributed by atoms with Crippen LogP contribution in [-0.2, 0) is 4.79 Å². The van der Waals surface area contributed by atoms with Gasteiger partial charge in [-0.1, -0.05) is 13.8 Å². The summed E-state index contributed by atoms with van der Waals surface area (Å²) in [5, 5.41) is 13.4. The zero-order valence-corrected chi connectivity index (χ0v) is 11.0. The molecule has 0 bridgehead atoms. The number of amides is 2. The van der Waals surface area contributed by atoms with Crippen LogP contribution in [0, 0.1) is 5.92 Å². The van der Waals surface area contributed by atoms with Crippen molar-refractivity contribution in [3.8, 4) is 0 Å². The van der Waals surface area contributed by atoms with E-state index >= 15 is 0 Å². The summed E-state index contributed by atoms with van der Waals surface area (Å²) in [6, 6.07) is 0. The third kappa shape index (κ3) is 7.34. The first kappa shape index (κ1) is 17.4. The molecule has 0 aliphatic heterocycles. The highest BCUT2D eigenvalue weighted by Crippen LogP contribution is 2.03. The monoisotopic (exact) mass is 252 g/mol. The molecule has 0 aromatic rings. The molecule has 2 amide bonds. The standard InChI is InChI=1S/C10H20N2O3.ClH/c1-7(2)5-6-11-8(13)10(3,4)12-9(14)15;/h7,12H,5-6H2,1-4H3,(H,11,13)(H,14,15);1H. The molecule has 0 saturated heterocycles. The Balaban J connectivity index is 0. The lowest BCUT2D eigenvalue weighted by atomic mass is 10.0. The average Bonchev–Trinajstić information content (AvgIpc) is 2.00. The molecule has 0 rings (SSSR count). The molecule has 0 heterocycles. The van der Waals surface area contributed by atoms with E-state index in [4.69, 9.17) is 5.11 Å². The highest BCUT2D eigenvalue weighted by molar-refractivity contribution is 5.88. The van der Waals surface area contributed by atoms with Gasteiger partial charge in [0.05, 0.1) is 0 Å². The van der Waals surface area contributed by atoms with E-state index in [2.05, 4.69) is 24.5 Å². The SMILES string of the molecule is CC(C)CCNC(=O)C(C)(C)NC(=O)O.Cl. The minimum Gasteiger partial charge on any atom is -0.465 e. The van der Waals surface area contributed by atoms with Crippen molar-refractivity contribution in [1.29, 1.82) is 0 Å². The Hall–Kier alpha value is -0.970. The van der Waals surface area contributed by atoms with E-state index in [9.17, 15) is 9.59 Å². The fourth-order valence-corrected chi connectivity index (χ4v) is 1.02. The number of nitrogens with one attached hydrogen (secondary N) is 2. The topological polar surface area (TPSA) is 78.4 Å². The van der Waals surface area contributed by atoms with E-state index in [-0.39, 0.29) is 18.3 Å². The van der Waals surface area contributed by atoms with Gasteiger partial charge in [-0.2, -0.15) is 0 Å². The van der Waals surface area contributed by atoms with Crippen LogP contribution in [-0.4, -0.2) is 29.2 Å². The van der Waals surface area contributed by atoms with E-state index in [0.717, 1.165) is 6.42 Å². The van der Waals surface area contributed by atoms with Crippen molar-refractivity contribution in [3.63, 3.8) is 0 Å². The van der Waals surface area contributed by atoms with Crippen LogP contribution < -0.4 is 10.6 Å². The minimum absolute atomic E-state index is 0. The van der Waals surface area contributed by atoms with E-state index in [1.807, 2.05) is 0 Å². The third-order valence-electron chi connectivity index (χ3n) is 1.99. The molecule has 6 heteroatoms.